The minimum absolute atomic E-state index is 0.443. The fourth-order valence-corrected chi connectivity index (χ4v) is 5.56. The SMILES string of the molecule is CCNCc1sc(S(=O)(=O)NCC2CCC(C)C2)cc1C. The standard InChI is InChI=1S/C15H26N2O2S2/c1-4-16-10-14-12(3)8-15(20-14)21(18,19)17-9-13-6-5-11(2)7-13/h8,11,13,16-17H,4-7,9-10H2,1-3H3. The summed E-state index contributed by atoms with van der Waals surface area (Å²) >= 11 is 1.38. The highest BCUT2D eigenvalue weighted by Crippen LogP contribution is 2.30. The molecule has 6 heteroatoms. The van der Waals surface area contributed by atoms with Crippen molar-refractivity contribution in [2.75, 3.05) is 13.1 Å². The summed E-state index contributed by atoms with van der Waals surface area (Å²) in [6.45, 7) is 8.46. The van der Waals surface area contributed by atoms with Gasteiger partial charge in [0, 0.05) is 18.0 Å². The van der Waals surface area contributed by atoms with Crippen molar-refractivity contribution in [3.05, 3.63) is 16.5 Å². The van der Waals surface area contributed by atoms with Crippen LogP contribution in [0.3, 0.4) is 0 Å². The molecule has 2 unspecified atom stereocenters. The first kappa shape index (κ1) is 16.9. The molecule has 1 aliphatic carbocycles. The molecule has 1 aromatic rings. The molecule has 2 N–H and O–H groups in total. The molecule has 2 atom stereocenters. The van der Waals surface area contributed by atoms with Crippen molar-refractivity contribution in [2.45, 2.75) is 50.8 Å². The Balaban J connectivity index is 1.98. The summed E-state index contributed by atoms with van der Waals surface area (Å²) in [6.07, 6.45) is 3.49. The highest BCUT2D eigenvalue weighted by molar-refractivity contribution is 7.91. The van der Waals surface area contributed by atoms with Crippen molar-refractivity contribution in [3.63, 3.8) is 0 Å². The van der Waals surface area contributed by atoms with Crippen LogP contribution >= 0.6 is 11.3 Å². The second-order valence-corrected chi connectivity index (χ2v) is 9.22. The molecule has 0 spiro atoms. The monoisotopic (exact) mass is 330 g/mol. The van der Waals surface area contributed by atoms with Gasteiger partial charge >= 0.3 is 0 Å². The second kappa shape index (κ2) is 7.22. The summed E-state index contributed by atoms with van der Waals surface area (Å²) in [7, 11) is -3.35. The van der Waals surface area contributed by atoms with Crippen LogP contribution in [0.5, 0.6) is 0 Å². The van der Waals surface area contributed by atoms with Gasteiger partial charge in [-0.15, -0.1) is 11.3 Å². The van der Waals surface area contributed by atoms with Gasteiger partial charge in [0.1, 0.15) is 4.21 Å². The minimum Gasteiger partial charge on any atom is -0.312 e. The van der Waals surface area contributed by atoms with Gasteiger partial charge in [-0.3, -0.25) is 0 Å². The van der Waals surface area contributed by atoms with Crippen LogP contribution in [0, 0.1) is 18.8 Å². The maximum Gasteiger partial charge on any atom is 0.250 e. The number of aryl methyl sites for hydroxylation is 1. The first-order valence-electron chi connectivity index (χ1n) is 7.72. The first-order valence-corrected chi connectivity index (χ1v) is 10.0. The number of nitrogens with one attached hydrogen (secondary N) is 2. The predicted molar refractivity (Wildman–Crippen MR) is 88.1 cm³/mol. The van der Waals surface area contributed by atoms with Crippen LogP contribution in [-0.4, -0.2) is 21.5 Å². The quantitative estimate of drug-likeness (QED) is 0.808. The Kier molecular flexibility index (Phi) is 5.82. The normalized spacial score (nSPS) is 22.8. The van der Waals surface area contributed by atoms with Gasteiger partial charge in [-0.05, 0) is 49.8 Å². The Hall–Kier alpha value is -0.430. The van der Waals surface area contributed by atoms with E-state index in [-0.39, 0.29) is 0 Å². The maximum absolute atomic E-state index is 12.4. The maximum atomic E-state index is 12.4. The van der Waals surface area contributed by atoms with Crippen LogP contribution in [0.25, 0.3) is 0 Å². The van der Waals surface area contributed by atoms with Gasteiger partial charge < -0.3 is 5.32 Å². The summed E-state index contributed by atoms with van der Waals surface area (Å²) < 4.78 is 28.0. The Labute approximate surface area is 132 Å². The molecular weight excluding hydrogens is 304 g/mol. The van der Waals surface area contributed by atoms with Gasteiger partial charge in [0.15, 0.2) is 0 Å². The smallest absolute Gasteiger partial charge is 0.250 e. The van der Waals surface area contributed by atoms with Crippen LogP contribution < -0.4 is 10.0 Å². The Morgan fingerprint density at radius 2 is 2.14 bits per heavy atom. The molecule has 1 aromatic heterocycles. The summed E-state index contributed by atoms with van der Waals surface area (Å²) in [5, 5.41) is 3.25. The molecule has 0 radical (unpaired) electrons. The molecule has 0 aromatic carbocycles. The molecule has 1 aliphatic rings. The van der Waals surface area contributed by atoms with Crippen LogP contribution in [0.15, 0.2) is 10.3 Å². The zero-order valence-electron chi connectivity index (χ0n) is 13.1. The number of rotatable bonds is 7. The number of hydrogen-bond donors (Lipinski definition) is 2. The van der Waals surface area contributed by atoms with E-state index < -0.39 is 10.0 Å². The Morgan fingerprint density at radius 1 is 1.38 bits per heavy atom. The van der Waals surface area contributed by atoms with Gasteiger partial charge in [-0.1, -0.05) is 20.3 Å². The minimum atomic E-state index is -3.35. The molecule has 21 heavy (non-hydrogen) atoms. The van der Waals surface area contributed by atoms with E-state index in [1.807, 2.05) is 13.8 Å². The van der Waals surface area contributed by atoms with E-state index in [1.54, 1.807) is 6.07 Å². The van der Waals surface area contributed by atoms with E-state index >= 15 is 0 Å². The molecule has 0 bridgehead atoms. The number of sulfonamides is 1. The first-order chi connectivity index (χ1) is 9.92. The second-order valence-electron chi connectivity index (χ2n) is 6.09. The fourth-order valence-electron chi connectivity index (χ4n) is 2.84. The number of hydrogen-bond acceptors (Lipinski definition) is 4. The molecule has 2 rings (SSSR count). The van der Waals surface area contributed by atoms with Gasteiger partial charge in [-0.25, -0.2) is 13.1 Å². The van der Waals surface area contributed by atoms with Crippen molar-refractivity contribution < 1.29 is 8.42 Å². The van der Waals surface area contributed by atoms with Crippen LogP contribution in [0.1, 0.15) is 43.6 Å². The largest absolute Gasteiger partial charge is 0.312 e. The van der Waals surface area contributed by atoms with E-state index in [0.29, 0.717) is 16.7 Å². The zero-order chi connectivity index (χ0) is 15.5. The predicted octanol–water partition coefficient (Wildman–Crippen LogP) is 2.88. The van der Waals surface area contributed by atoms with Gasteiger partial charge in [0.2, 0.25) is 10.0 Å². The molecule has 120 valence electrons. The van der Waals surface area contributed by atoms with E-state index in [2.05, 4.69) is 17.0 Å². The summed E-state index contributed by atoms with van der Waals surface area (Å²) in [4.78, 5) is 1.10. The average Bonchev–Trinajstić information content (AvgIpc) is 3.01. The lowest BCUT2D eigenvalue weighted by Crippen LogP contribution is -2.28. The lowest BCUT2D eigenvalue weighted by atomic mass is 10.1. The lowest BCUT2D eigenvalue weighted by Gasteiger charge is -2.10. The highest BCUT2D eigenvalue weighted by Gasteiger charge is 2.24. The van der Waals surface area contributed by atoms with Crippen LogP contribution in [-0.2, 0) is 16.6 Å². The molecule has 1 heterocycles. The molecule has 0 amide bonds. The van der Waals surface area contributed by atoms with Crippen molar-refractivity contribution in [2.24, 2.45) is 11.8 Å². The molecule has 0 saturated heterocycles. The summed E-state index contributed by atoms with van der Waals surface area (Å²) in [5.74, 6) is 1.23. The Bertz CT molecular complexity index is 566. The van der Waals surface area contributed by atoms with Crippen LogP contribution in [0.2, 0.25) is 0 Å². The summed E-state index contributed by atoms with van der Waals surface area (Å²) in [6, 6.07) is 1.79. The molecular formula is C15H26N2O2S2. The summed E-state index contributed by atoms with van der Waals surface area (Å²) in [5.41, 5.74) is 1.05. The van der Waals surface area contributed by atoms with Gasteiger partial charge in [0.25, 0.3) is 0 Å². The third-order valence-electron chi connectivity index (χ3n) is 4.16. The Morgan fingerprint density at radius 3 is 2.76 bits per heavy atom. The van der Waals surface area contributed by atoms with E-state index in [1.165, 1.54) is 17.8 Å². The topological polar surface area (TPSA) is 58.2 Å². The molecule has 0 aliphatic heterocycles. The molecule has 1 fully saturated rings. The van der Waals surface area contributed by atoms with Crippen molar-refractivity contribution in [1.29, 1.82) is 0 Å². The van der Waals surface area contributed by atoms with Gasteiger partial charge in [0.05, 0.1) is 0 Å². The van der Waals surface area contributed by atoms with Crippen molar-refractivity contribution >= 4 is 21.4 Å². The zero-order valence-corrected chi connectivity index (χ0v) is 14.7. The van der Waals surface area contributed by atoms with E-state index in [0.717, 1.165) is 42.3 Å². The van der Waals surface area contributed by atoms with E-state index in [9.17, 15) is 8.42 Å². The third-order valence-corrected chi connectivity index (χ3v) is 7.30. The van der Waals surface area contributed by atoms with Crippen molar-refractivity contribution in [1.82, 2.24) is 10.0 Å². The lowest BCUT2D eigenvalue weighted by molar-refractivity contribution is 0.499. The highest BCUT2D eigenvalue weighted by atomic mass is 32.2. The molecule has 4 nitrogen and oxygen atoms in total. The fraction of sp³-hybridized carbons (Fsp3) is 0.733. The average molecular weight is 331 g/mol. The molecule has 1 saturated carbocycles. The van der Waals surface area contributed by atoms with Gasteiger partial charge in [-0.2, -0.15) is 0 Å². The number of thiophene rings is 1. The van der Waals surface area contributed by atoms with Crippen LogP contribution in [0.4, 0.5) is 0 Å². The van der Waals surface area contributed by atoms with E-state index in [4.69, 9.17) is 0 Å². The van der Waals surface area contributed by atoms with Crippen molar-refractivity contribution in [3.8, 4) is 0 Å². The third kappa shape index (κ3) is 4.52.